The van der Waals surface area contributed by atoms with Gasteiger partial charge in [0.15, 0.2) is 0 Å². The summed E-state index contributed by atoms with van der Waals surface area (Å²) in [6.07, 6.45) is 1.07. The van der Waals surface area contributed by atoms with Crippen molar-refractivity contribution in [2.24, 2.45) is 11.8 Å². The van der Waals surface area contributed by atoms with Crippen LogP contribution < -0.4 is 4.90 Å². The van der Waals surface area contributed by atoms with Crippen LogP contribution in [0.3, 0.4) is 0 Å². The number of nitrogens with zero attached hydrogens (tertiary/aromatic N) is 2. The van der Waals surface area contributed by atoms with Crippen LogP contribution in [0.5, 0.6) is 0 Å². The zero-order valence-electron chi connectivity index (χ0n) is 21.7. The van der Waals surface area contributed by atoms with Gasteiger partial charge < -0.3 is 9.80 Å². The number of rotatable bonds is 3. The van der Waals surface area contributed by atoms with Crippen LogP contribution in [0, 0.1) is 25.7 Å². The lowest BCUT2D eigenvalue weighted by molar-refractivity contribution is 0.0623. The molecule has 7 heteroatoms. The van der Waals surface area contributed by atoms with Crippen molar-refractivity contribution in [2.45, 2.75) is 50.5 Å². The molecular weight excluding hydrogens is 484 g/mol. The second kappa shape index (κ2) is 9.45. The van der Waals surface area contributed by atoms with E-state index >= 15 is 0 Å². The number of fused-ring (bicyclic) bond motifs is 2. The molecule has 2 aliphatic rings. The summed E-state index contributed by atoms with van der Waals surface area (Å²) in [5, 5.41) is 0. The fourth-order valence-corrected chi connectivity index (χ4v) is 7.28. The van der Waals surface area contributed by atoms with Gasteiger partial charge in [0.25, 0.3) is 11.8 Å². The molecule has 2 amide bonds. The van der Waals surface area contributed by atoms with Crippen LogP contribution in [0.15, 0.2) is 70.5 Å². The van der Waals surface area contributed by atoms with Gasteiger partial charge in [0, 0.05) is 18.7 Å². The predicted molar refractivity (Wildman–Crippen MR) is 144 cm³/mol. The van der Waals surface area contributed by atoms with Crippen molar-refractivity contribution >= 4 is 27.3 Å². The maximum atomic E-state index is 13.9. The number of hydrogen-bond acceptors (Lipinski definition) is 4. The van der Waals surface area contributed by atoms with Crippen LogP contribution in [0.25, 0.3) is 0 Å². The Hall–Kier alpha value is -3.45. The number of likely N-dealkylation sites (tertiary alicyclic amines) is 1. The lowest BCUT2D eigenvalue weighted by Gasteiger charge is -2.35. The molecule has 6 nitrogen and oxygen atoms in total. The van der Waals surface area contributed by atoms with Crippen LogP contribution in [-0.2, 0) is 16.4 Å². The Bertz CT molecular complexity index is 1500. The summed E-state index contributed by atoms with van der Waals surface area (Å²) in [4.78, 5) is 30.9. The Morgan fingerprint density at radius 3 is 2.35 bits per heavy atom. The van der Waals surface area contributed by atoms with E-state index in [0.29, 0.717) is 30.5 Å². The molecular formula is C30H32N2O4S. The van der Waals surface area contributed by atoms with E-state index in [2.05, 4.69) is 13.8 Å². The summed E-state index contributed by atoms with van der Waals surface area (Å²) < 4.78 is 27.5. The molecule has 2 atom stereocenters. The summed E-state index contributed by atoms with van der Waals surface area (Å²) in [5.41, 5.74) is 3.74. The zero-order valence-corrected chi connectivity index (χ0v) is 22.5. The Labute approximate surface area is 218 Å². The highest BCUT2D eigenvalue weighted by molar-refractivity contribution is 7.91. The number of amides is 2. The SMILES string of the molecule is Cc1ccc(C)c(CN2C(=O)c3ccccc3S(=O)(=O)c3ccc(C(=O)N4C[C@H](C)C[C@@H](C)C4)cc32)c1. The standard InChI is InChI=1S/C30H32N2O4S/c1-19-9-10-22(4)24(14-19)18-32-26-15-23(29(33)31-16-20(2)13-21(3)17-31)11-12-28(26)37(35,36)27-8-6-5-7-25(27)30(32)34/h5-12,14-15,20-21H,13,16-18H2,1-4H3/t20-,21-/m1/s1. The lowest BCUT2D eigenvalue weighted by Crippen LogP contribution is -2.42. The average molecular weight is 517 g/mol. The Morgan fingerprint density at radius 2 is 1.62 bits per heavy atom. The van der Waals surface area contributed by atoms with Gasteiger partial charge in [0.1, 0.15) is 0 Å². The molecule has 0 bridgehead atoms. The molecule has 3 aromatic rings. The minimum Gasteiger partial charge on any atom is -0.338 e. The van der Waals surface area contributed by atoms with Crippen molar-refractivity contribution in [1.82, 2.24) is 4.90 Å². The van der Waals surface area contributed by atoms with Crippen molar-refractivity contribution in [3.8, 4) is 0 Å². The molecule has 2 heterocycles. The Balaban J connectivity index is 1.67. The fourth-order valence-electron chi connectivity index (χ4n) is 5.65. The van der Waals surface area contributed by atoms with Gasteiger partial charge in [-0.3, -0.25) is 9.59 Å². The first-order chi connectivity index (χ1) is 17.6. The third-order valence-corrected chi connectivity index (χ3v) is 9.29. The van der Waals surface area contributed by atoms with Gasteiger partial charge in [0.05, 0.1) is 27.6 Å². The molecule has 5 rings (SSSR count). The van der Waals surface area contributed by atoms with Crippen molar-refractivity contribution in [3.63, 3.8) is 0 Å². The van der Waals surface area contributed by atoms with Gasteiger partial charge in [0.2, 0.25) is 9.84 Å². The van der Waals surface area contributed by atoms with Gasteiger partial charge in [-0.15, -0.1) is 0 Å². The first-order valence-electron chi connectivity index (χ1n) is 12.7. The van der Waals surface area contributed by atoms with E-state index in [1.807, 2.05) is 36.9 Å². The van der Waals surface area contributed by atoms with Gasteiger partial charge >= 0.3 is 0 Å². The van der Waals surface area contributed by atoms with Crippen LogP contribution >= 0.6 is 0 Å². The minimum absolute atomic E-state index is 0.0116. The second-order valence-electron chi connectivity index (χ2n) is 10.7. The van der Waals surface area contributed by atoms with Crippen molar-refractivity contribution in [3.05, 3.63) is 88.5 Å². The lowest BCUT2D eigenvalue weighted by atomic mass is 9.91. The topological polar surface area (TPSA) is 74.8 Å². The van der Waals surface area contributed by atoms with E-state index in [9.17, 15) is 18.0 Å². The maximum Gasteiger partial charge on any atom is 0.259 e. The number of piperidine rings is 1. The van der Waals surface area contributed by atoms with Crippen molar-refractivity contribution in [1.29, 1.82) is 0 Å². The predicted octanol–water partition coefficient (Wildman–Crippen LogP) is 5.41. The third kappa shape index (κ3) is 4.57. The van der Waals surface area contributed by atoms with E-state index in [0.717, 1.165) is 23.1 Å². The van der Waals surface area contributed by atoms with Gasteiger partial charge in [-0.25, -0.2) is 8.42 Å². The molecule has 2 aliphatic heterocycles. The Kier molecular flexibility index (Phi) is 6.44. The van der Waals surface area contributed by atoms with E-state index in [-0.39, 0.29) is 33.5 Å². The molecule has 0 aliphatic carbocycles. The van der Waals surface area contributed by atoms with E-state index in [4.69, 9.17) is 0 Å². The Morgan fingerprint density at radius 1 is 0.919 bits per heavy atom. The van der Waals surface area contributed by atoms with Crippen LogP contribution in [-0.4, -0.2) is 38.2 Å². The first-order valence-corrected chi connectivity index (χ1v) is 14.2. The molecule has 1 saturated heterocycles. The number of aryl methyl sites for hydroxylation is 2. The molecule has 0 unspecified atom stereocenters. The summed E-state index contributed by atoms with van der Waals surface area (Å²) in [6.45, 7) is 9.76. The third-order valence-electron chi connectivity index (χ3n) is 7.43. The molecule has 0 saturated carbocycles. The smallest absolute Gasteiger partial charge is 0.259 e. The number of carbonyl (C=O) groups is 2. The number of carbonyl (C=O) groups excluding carboxylic acids is 2. The summed E-state index contributed by atoms with van der Waals surface area (Å²) in [5.74, 6) is 0.250. The number of anilines is 1. The summed E-state index contributed by atoms with van der Waals surface area (Å²) >= 11 is 0. The van der Waals surface area contributed by atoms with Gasteiger partial charge in [-0.2, -0.15) is 0 Å². The van der Waals surface area contributed by atoms with Crippen LogP contribution in [0.2, 0.25) is 0 Å². The van der Waals surface area contributed by atoms with Crippen LogP contribution in [0.4, 0.5) is 5.69 Å². The highest BCUT2D eigenvalue weighted by Crippen LogP contribution is 2.39. The number of hydrogen-bond donors (Lipinski definition) is 0. The second-order valence-corrected chi connectivity index (χ2v) is 12.5. The minimum atomic E-state index is -3.99. The number of sulfone groups is 1. The van der Waals surface area contributed by atoms with Gasteiger partial charge in [-0.05, 0) is 73.6 Å². The van der Waals surface area contributed by atoms with Crippen molar-refractivity contribution < 1.29 is 18.0 Å². The van der Waals surface area contributed by atoms with Crippen LogP contribution in [0.1, 0.15) is 57.7 Å². The van der Waals surface area contributed by atoms with Gasteiger partial charge in [-0.1, -0.05) is 49.7 Å². The van der Waals surface area contributed by atoms with E-state index in [1.165, 1.54) is 17.0 Å². The molecule has 0 spiro atoms. The largest absolute Gasteiger partial charge is 0.338 e. The normalized spacial score (nSPS) is 20.7. The highest BCUT2D eigenvalue weighted by atomic mass is 32.2. The monoisotopic (exact) mass is 516 g/mol. The highest BCUT2D eigenvalue weighted by Gasteiger charge is 2.37. The molecule has 0 radical (unpaired) electrons. The summed E-state index contributed by atoms with van der Waals surface area (Å²) in [6, 6.07) is 17.0. The average Bonchev–Trinajstić information content (AvgIpc) is 2.93. The molecule has 192 valence electrons. The molecule has 37 heavy (non-hydrogen) atoms. The van der Waals surface area contributed by atoms with Crippen molar-refractivity contribution in [2.75, 3.05) is 18.0 Å². The first kappa shape index (κ1) is 25.2. The van der Waals surface area contributed by atoms with E-state index < -0.39 is 15.7 Å². The summed E-state index contributed by atoms with van der Waals surface area (Å²) in [7, 11) is -3.99. The molecule has 0 N–H and O–H groups in total. The molecule has 3 aromatic carbocycles. The quantitative estimate of drug-likeness (QED) is 0.466. The van der Waals surface area contributed by atoms with E-state index in [1.54, 1.807) is 30.3 Å². The molecule has 1 fully saturated rings. The fraction of sp³-hybridized carbons (Fsp3) is 0.333. The maximum absolute atomic E-state index is 13.9. The molecule has 0 aromatic heterocycles. The zero-order chi connectivity index (χ0) is 26.5. The number of benzene rings is 3.